The molecule has 0 fully saturated rings. The van der Waals surface area contributed by atoms with Gasteiger partial charge in [0.05, 0.1) is 5.56 Å². The highest BCUT2D eigenvalue weighted by Crippen LogP contribution is 2.21. The Morgan fingerprint density at radius 1 is 1.73 bits per heavy atom. The number of carboxylic acids is 1. The van der Waals surface area contributed by atoms with E-state index in [1.165, 1.54) is 11.3 Å². The summed E-state index contributed by atoms with van der Waals surface area (Å²) in [5.74, 6) is -0.805. The number of aromatic carboxylic acids is 1. The molecule has 0 aliphatic heterocycles. The van der Waals surface area contributed by atoms with Crippen molar-refractivity contribution in [1.82, 2.24) is 0 Å². The fraction of sp³-hybridized carbons (Fsp3) is 0.375. The zero-order valence-corrected chi connectivity index (χ0v) is 7.36. The zero-order chi connectivity index (χ0) is 8.43. The van der Waals surface area contributed by atoms with E-state index in [-0.39, 0.29) is 0 Å². The minimum absolute atomic E-state index is 0.498. The third kappa shape index (κ3) is 1.43. The van der Waals surface area contributed by atoms with Gasteiger partial charge >= 0.3 is 5.97 Å². The van der Waals surface area contributed by atoms with Crippen molar-refractivity contribution in [2.24, 2.45) is 0 Å². The summed E-state index contributed by atoms with van der Waals surface area (Å²) in [5, 5.41) is 10.7. The lowest BCUT2D eigenvalue weighted by Crippen LogP contribution is -1.99. The third-order valence-corrected chi connectivity index (χ3v) is 2.61. The SMILES string of the molecule is CCc1csc(C)c1C(=O)O. The normalized spacial score (nSPS) is 10.0. The van der Waals surface area contributed by atoms with Gasteiger partial charge < -0.3 is 5.11 Å². The number of thiophene rings is 1. The van der Waals surface area contributed by atoms with Crippen molar-refractivity contribution >= 4 is 17.3 Å². The highest BCUT2D eigenvalue weighted by molar-refractivity contribution is 7.10. The Hall–Kier alpha value is -0.830. The summed E-state index contributed by atoms with van der Waals surface area (Å²) >= 11 is 1.50. The van der Waals surface area contributed by atoms with Crippen LogP contribution in [0.4, 0.5) is 0 Å². The quantitative estimate of drug-likeness (QED) is 0.739. The van der Waals surface area contributed by atoms with Crippen molar-refractivity contribution in [3.63, 3.8) is 0 Å². The molecule has 1 rings (SSSR count). The van der Waals surface area contributed by atoms with Crippen molar-refractivity contribution in [3.8, 4) is 0 Å². The Morgan fingerprint density at radius 3 is 2.73 bits per heavy atom. The first-order chi connectivity index (χ1) is 5.16. The van der Waals surface area contributed by atoms with Gasteiger partial charge in [-0.1, -0.05) is 6.92 Å². The molecular formula is C8H10O2S. The Balaban J connectivity index is 3.17. The van der Waals surface area contributed by atoms with Crippen LogP contribution in [0.5, 0.6) is 0 Å². The van der Waals surface area contributed by atoms with Crippen LogP contribution in [0.2, 0.25) is 0 Å². The van der Waals surface area contributed by atoms with Crippen LogP contribution < -0.4 is 0 Å². The minimum Gasteiger partial charge on any atom is -0.478 e. The molecule has 0 atom stereocenters. The van der Waals surface area contributed by atoms with Gasteiger partial charge in [0.25, 0.3) is 0 Å². The lowest BCUT2D eigenvalue weighted by molar-refractivity contribution is 0.0695. The molecule has 0 saturated carbocycles. The van der Waals surface area contributed by atoms with E-state index in [1.807, 2.05) is 19.2 Å². The first-order valence-electron chi connectivity index (χ1n) is 3.47. The molecule has 3 heteroatoms. The van der Waals surface area contributed by atoms with Crippen LogP contribution in [0.1, 0.15) is 27.7 Å². The van der Waals surface area contributed by atoms with Gasteiger partial charge in [0.2, 0.25) is 0 Å². The molecule has 1 aromatic heterocycles. The van der Waals surface area contributed by atoms with Gasteiger partial charge in [-0.2, -0.15) is 0 Å². The summed E-state index contributed by atoms with van der Waals surface area (Å²) in [4.78, 5) is 11.6. The second-order valence-electron chi connectivity index (χ2n) is 2.35. The van der Waals surface area contributed by atoms with Gasteiger partial charge in [0.15, 0.2) is 0 Å². The van der Waals surface area contributed by atoms with E-state index in [9.17, 15) is 4.79 Å². The van der Waals surface area contributed by atoms with Gasteiger partial charge in [-0.3, -0.25) is 0 Å². The number of carbonyl (C=O) groups is 1. The van der Waals surface area contributed by atoms with Crippen LogP contribution in [0, 0.1) is 6.92 Å². The van der Waals surface area contributed by atoms with Gasteiger partial charge in [0, 0.05) is 4.88 Å². The van der Waals surface area contributed by atoms with Gasteiger partial charge in [-0.25, -0.2) is 4.79 Å². The summed E-state index contributed by atoms with van der Waals surface area (Å²) in [5.41, 5.74) is 1.44. The lowest BCUT2D eigenvalue weighted by Gasteiger charge is -1.95. The topological polar surface area (TPSA) is 37.3 Å². The van der Waals surface area contributed by atoms with Gasteiger partial charge in [-0.05, 0) is 24.3 Å². The van der Waals surface area contributed by atoms with E-state index in [1.54, 1.807) is 0 Å². The van der Waals surface area contributed by atoms with E-state index < -0.39 is 5.97 Å². The summed E-state index contributed by atoms with van der Waals surface area (Å²) in [6.45, 7) is 3.81. The fourth-order valence-corrected chi connectivity index (χ4v) is 1.99. The molecule has 0 aromatic carbocycles. The van der Waals surface area contributed by atoms with Crippen molar-refractivity contribution in [2.75, 3.05) is 0 Å². The van der Waals surface area contributed by atoms with Crippen LogP contribution in [0.3, 0.4) is 0 Å². The average Bonchev–Trinajstić information content (AvgIpc) is 2.30. The van der Waals surface area contributed by atoms with Crippen molar-refractivity contribution in [1.29, 1.82) is 0 Å². The van der Waals surface area contributed by atoms with E-state index in [0.717, 1.165) is 16.9 Å². The Bertz CT molecular complexity index is 276. The molecule has 0 saturated heterocycles. The first-order valence-corrected chi connectivity index (χ1v) is 4.35. The molecule has 0 spiro atoms. The molecule has 11 heavy (non-hydrogen) atoms. The maximum Gasteiger partial charge on any atom is 0.337 e. The van der Waals surface area contributed by atoms with Crippen LogP contribution in [-0.4, -0.2) is 11.1 Å². The molecule has 0 unspecified atom stereocenters. The fourth-order valence-electron chi connectivity index (χ4n) is 1.05. The monoisotopic (exact) mass is 170 g/mol. The zero-order valence-electron chi connectivity index (χ0n) is 6.55. The predicted molar refractivity (Wildman–Crippen MR) is 45.4 cm³/mol. The second-order valence-corrected chi connectivity index (χ2v) is 3.43. The van der Waals surface area contributed by atoms with Crippen molar-refractivity contribution in [2.45, 2.75) is 20.3 Å². The van der Waals surface area contributed by atoms with Gasteiger partial charge in [0.1, 0.15) is 0 Å². The number of carboxylic acid groups (broad SMARTS) is 1. The van der Waals surface area contributed by atoms with E-state index in [0.29, 0.717) is 5.56 Å². The standard InChI is InChI=1S/C8H10O2S/c1-3-6-4-11-5(2)7(6)8(9)10/h4H,3H2,1-2H3,(H,9,10). The molecule has 1 aromatic rings. The Kier molecular flexibility index (Phi) is 2.29. The predicted octanol–water partition coefficient (Wildman–Crippen LogP) is 2.32. The van der Waals surface area contributed by atoms with Crippen molar-refractivity contribution < 1.29 is 9.90 Å². The molecule has 1 heterocycles. The van der Waals surface area contributed by atoms with E-state index in [2.05, 4.69) is 0 Å². The Labute approximate surface area is 69.5 Å². The van der Waals surface area contributed by atoms with Crippen LogP contribution in [0.25, 0.3) is 0 Å². The molecule has 0 bridgehead atoms. The Morgan fingerprint density at radius 2 is 2.36 bits per heavy atom. The van der Waals surface area contributed by atoms with Crippen LogP contribution in [0.15, 0.2) is 5.38 Å². The highest BCUT2D eigenvalue weighted by atomic mass is 32.1. The van der Waals surface area contributed by atoms with Crippen LogP contribution in [-0.2, 0) is 6.42 Å². The van der Waals surface area contributed by atoms with Gasteiger partial charge in [-0.15, -0.1) is 11.3 Å². The number of aryl methyl sites for hydroxylation is 2. The largest absolute Gasteiger partial charge is 0.478 e. The average molecular weight is 170 g/mol. The maximum absolute atomic E-state index is 10.7. The molecule has 1 N–H and O–H groups in total. The molecular weight excluding hydrogens is 160 g/mol. The molecule has 0 radical (unpaired) electrons. The summed E-state index contributed by atoms with van der Waals surface area (Å²) in [6.07, 6.45) is 0.798. The molecule has 60 valence electrons. The molecule has 0 aliphatic carbocycles. The molecule has 0 amide bonds. The maximum atomic E-state index is 10.7. The highest BCUT2D eigenvalue weighted by Gasteiger charge is 2.13. The van der Waals surface area contributed by atoms with E-state index >= 15 is 0 Å². The smallest absolute Gasteiger partial charge is 0.337 e. The number of rotatable bonds is 2. The summed E-state index contributed by atoms with van der Waals surface area (Å²) in [7, 11) is 0. The van der Waals surface area contributed by atoms with Crippen molar-refractivity contribution in [3.05, 3.63) is 21.4 Å². The first kappa shape index (κ1) is 8.27. The lowest BCUT2D eigenvalue weighted by atomic mass is 10.1. The molecule has 0 aliphatic rings. The minimum atomic E-state index is -0.805. The second kappa shape index (κ2) is 3.05. The molecule has 2 nitrogen and oxygen atoms in total. The number of hydrogen-bond acceptors (Lipinski definition) is 2. The van der Waals surface area contributed by atoms with Crippen LogP contribution >= 0.6 is 11.3 Å². The third-order valence-electron chi connectivity index (χ3n) is 1.65. The van der Waals surface area contributed by atoms with E-state index in [4.69, 9.17) is 5.11 Å². The summed E-state index contributed by atoms with van der Waals surface area (Å²) in [6, 6.07) is 0. The summed E-state index contributed by atoms with van der Waals surface area (Å²) < 4.78 is 0. The number of hydrogen-bond donors (Lipinski definition) is 1.